The topological polar surface area (TPSA) is 75.1 Å². The Morgan fingerprint density at radius 2 is 1.95 bits per heavy atom. The van der Waals surface area contributed by atoms with Gasteiger partial charge < -0.3 is 5.32 Å². The highest BCUT2D eigenvalue weighted by atomic mass is 79.9. The molecular formula is C14H14BrN5O. The second-order valence-electron chi connectivity index (χ2n) is 4.79. The molecule has 0 saturated carbocycles. The van der Waals surface area contributed by atoms with E-state index < -0.39 is 0 Å². The molecule has 0 radical (unpaired) electrons. The van der Waals surface area contributed by atoms with Crippen molar-refractivity contribution in [3.8, 4) is 0 Å². The van der Waals surface area contributed by atoms with Crippen molar-refractivity contribution in [3.63, 3.8) is 0 Å². The maximum atomic E-state index is 12.1. The van der Waals surface area contributed by atoms with Crippen LogP contribution in [0.15, 0.2) is 33.5 Å². The number of hydrogen-bond donors (Lipinski definition) is 2. The van der Waals surface area contributed by atoms with Crippen LogP contribution < -0.4 is 10.9 Å². The lowest BCUT2D eigenvalue weighted by Crippen LogP contribution is -2.19. The average molecular weight is 348 g/mol. The van der Waals surface area contributed by atoms with Crippen molar-refractivity contribution in [1.29, 1.82) is 0 Å². The standard InChI is InChI=1S/C14H14BrN5O/c1-8-9(2)17-14-18-12(19-20(14)13(8)21)7-16-11-5-3-10(15)4-6-11/h3-6,16H,7H2,1-2H3,(H,17,18,19). The summed E-state index contributed by atoms with van der Waals surface area (Å²) in [4.78, 5) is 20.7. The quantitative estimate of drug-likeness (QED) is 0.762. The van der Waals surface area contributed by atoms with Gasteiger partial charge in [0.15, 0.2) is 0 Å². The van der Waals surface area contributed by atoms with Crippen molar-refractivity contribution in [1.82, 2.24) is 19.6 Å². The summed E-state index contributed by atoms with van der Waals surface area (Å²) < 4.78 is 2.40. The van der Waals surface area contributed by atoms with E-state index in [1.165, 1.54) is 4.52 Å². The summed E-state index contributed by atoms with van der Waals surface area (Å²) in [6, 6.07) is 7.84. The fraction of sp³-hybridized carbons (Fsp3) is 0.214. The Bertz CT molecular complexity index is 850. The van der Waals surface area contributed by atoms with E-state index in [-0.39, 0.29) is 5.56 Å². The summed E-state index contributed by atoms with van der Waals surface area (Å²) in [6.07, 6.45) is 0. The number of aromatic amines is 1. The molecule has 0 aliphatic heterocycles. The summed E-state index contributed by atoms with van der Waals surface area (Å²) in [5, 5.41) is 6.21. The molecule has 0 spiro atoms. The molecule has 0 atom stereocenters. The van der Waals surface area contributed by atoms with E-state index in [0.29, 0.717) is 29.4 Å². The van der Waals surface area contributed by atoms with E-state index in [4.69, 9.17) is 0 Å². The van der Waals surface area contributed by atoms with Crippen LogP contribution in [-0.2, 0) is 6.54 Å². The summed E-state index contributed by atoms with van der Waals surface area (Å²) in [5.41, 5.74) is 2.20. The van der Waals surface area contributed by atoms with Crippen molar-refractivity contribution in [2.45, 2.75) is 20.4 Å². The molecule has 0 saturated heterocycles. The van der Waals surface area contributed by atoms with Crippen LogP contribution >= 0.6 is 15.9 Å². The maximum Gasteiger partial charge on any atom is 0.277 e. The molecule has 0 unspecified atom stereocenters. The van der Waals surface area contributed by atoms with E-state index in [0.717, 1.165) is 10.2 Å². The van der Waals surface area contributed by atoms with Gasteiger partial charge in [-0.25, -0.2) is 4.98 Å². The minimum atomic E-state index is -0.111. The fourth-order valence-electron chi connectivity index (χ4n) is 1.98. The molecule has 2 heterocycles. The SMILES string of the molecule is Cc1nc2nc(CNc3ccc(Br)cc3)[nH]n2c(=O)c1C. The third-order valence-corrected chi connectivity index (χ3v) is 3.84. The van der Waals surface area contributed by atoms with Gasteiger partial charge in [-0.1, -0.05) is 15.9 Å². The smallest absolute Gasteiger partial charge is 0.277 e. The molecule has 0 amide bonds. The van der Waals surface area contributed by atoms with Crippen LogP contribution in [0.3, 0.4) is 0 Å². The zero-order chi connectivity index (χ0) is 15.0. The zero-order valence-electron chi connectivity index (χ0n) is 11.6. The van der Waals surface area contributed by atoms with Gasteiger partial charge in [0.05, 0.1) is 6.54 Å². The maximum absolute atomic E-state index is 12.1. The summed E-state index contributed by atoms with van der Waals surface area (Å²) in [7, 11) is 0. The van der Waals surface area contributed by atoms with Gasteiger partial charge in [0.25, 0.3) is 11.3 Å². The number of fused-ring (bicyclic) bond motifs is 1. The van der Waals surface area contributed by atoms with Gasteiger partial charge in [-0.15, -0.1) is 0 Å². The number of rotatable bonds is 3. The number of H-pyrrole nitrogens is 1. The van der Waals surface area contributed by atoms with Crippen LogP contribution in [-0.4, -0.2) is 19.6 Å². The van der Waals surface area contributed by atoms with Crippen molar-refractivity contribution >= 4 is 27.4 Å². The normalized spacial score (nSPS) is 11.0. The molecule has 3 rings (SSSR count). The molecule has 108 valence electrons. The highest BCUT2D eigenvalue weighted by Crippen LogP contribution is 2.14. The Morgan fingerprint density at radius 3 is 2.67 bits per heavy atom. The van der Waals surface area contributed by atoms with E-state index in [2.05, 4.69) is 36.3 Å². The molecule has 2 aromatic heterocycles. The van der Waals surface area contributed by atoms with Crippen molar-refractivity contribution < 1.29 is 0 Å². The van der Waals surface area contributed by atoms with Gasteiger partial charge in [-0.05, 0) is 38.1 Å². The number of aromatic nitrogens is 4. The van der Waals surface area contributed by atoms with Crippen LogP contribution in [0.2, 0.25) is 0 Å². The molecule has 0 fully saturated rings. The monoisotopic (exact) mass is 347 g/mol. The van der Waals surface area contributed by atoms with Gasteiger partial charge in [-0.3, -0.25) is 9.89 Å². The second kappa shape index (κ2) is 5.33. The molecule has 0 bridgehead atoms. The first-order valence-corrected chi connectivity index (χ1v) is 7.28. The van der Waals surface area contributed by atoms with Crippen molar-refractivity contribution in [3.05, 3.63) is 56.2 Å². The van der Waals surface area contributed by atoms with Gasteiger partial charge in [0.2, 0.25) is 0 Å². The number of anilines is 1. The highest BCUT2D eigenvalue weighted by molar-refractivity contribution is 9.10. The number of aryl methyl sites for hydroxylation is 1. The second-order valence-corrected chi connectivity index (χ2v) is 5.71. The molecule has 21 heavy (non-hydrogen) atoms. The Kier molecular flexibility index (Phi) is 3.50. The van der Waals surface area contributed by atoms with Gasteiger partial charge in [0, 0.05) is 21.4 Å². The Morgan fingerprint density at radius 1 is 1.24 bits per heavy atom. The molecule has 6 nitrogen and oxygen atoms in total. The first-order chi connectivity index (χ1) is 10.0. The van der Waals surface area contributed by atoms with Crippen LogP contribution in [0.5, 0.6) is 0 Å². The van der Waals surface area contributed by atoms with E-state index >= 15 is 0 Å². The zero-order valence-corrected chi connectivity index (χ0v) is 13.2. The van der Waals surface area contributed by atoms with E-state index in [1.807, 2.05) is 31.2 Å². The minimum absolute atomic E-state index is 0.111. The molecule has 7 heteroatoms. The minimum Gasteiger partial charge on any atom is -0.378 e. The van der Waals surface area contributed by atoms with Crippen LogP contribution in [0.4, 0.5) is 5.69 Å². The Balaban J connectivity index is 1.86. The molecular weight excluding hydrogens is 334 g/mol. The highest BCUT2D eigenvalue weighted by Gasteiger charge is 2.09. The lowest BCUT2D eigenvalue weighted by molar-refractivity contribution is 0.841. The Hall–Kier alpha value is -2.15. The predicted octanol–water partition coefficient (Wildman–Crippen LogP) is 2.41. The first-order valence-electron chi connectivity index (χ1n) is 6.49. The average Bonchev–Trinajstić information content (AvgIpc) is 2.87. The molecule has 3 aromatic rings. The predicted molar refractivity (Wildman–Crippen MR) is 84.6 cm³/mol. The number of nitrogens with zero attached hydrogens (tertiary/aromatic N) is 3. The van der Waals surface area contributed by atoms with E-state index in [9.17, 15) is 4.79 Å². The third-order valence-electron chi connectivity index (χ3n) is 3.31. The van der Waals surface area contributed by atoms with Gasteiger partial charge >= 0.3 is 0 Å². The number of nitrogens with one attached hydrogen (secondary N) is 2. The summed E-state index contributed by atoms with van der Waals surface area (Å²) in [5.74, 6) is 1.06. The molecule has 0 aliphatic rings. The Labute approximate surface area is 129 Å². The van der Waals surface area contributed by atoms with Crippen molar-refractivity contribution in [2.75, 3.05) is 5.32 Å². The van der Waals surface area contributed by atoms with Gasteiger partial charge in [-0.2, -0.15) is 9.50 Å². The van der Waals surface area contributed by atoms with Gasteiger partial charge in [0.1, 0.15) is 5.82 Å². The molecule has 1 aromatic carbocycles. The van der Waals surface area contributed by atoms with Crippen LogP contribution in [0.1, 0.15) is 17.1 Å². The van der Waals surface area contributed by atoms with E-state index in [1.54, 1.807) is 6.92 Å². The number of benzene rings is 1. The summed E-state index contributed by atoms with van der Waals surface area (Å²) in [6.45, 7) is 4.06. The lowest BCUT2D eigenvalue weighted by Gasteiger charge is -2.03. The summed E-state index contributed by atoms with van der Waals surface area (Å²) >= 11 is 3.39. The van der Waals surface area contributed by atoms with Crippen molar-refractivity contribution in [2.24, 2.45) is 0 Å². The largest absolute Gasteiger partial charge is 0.378 e. The third kappa shape index (κ3) is 2.69. The number of halogens is 1. The van der Waals surface area contributed by atoms with Crippen LogP contribution in [0.25, 0.3) is 5.78 Å². The fourth-order valence-corrected chi connectivity index (χ4v) is 2.24. The number of hydrogen-bond acceptors (Lipinski definition) is 4. The molecule has 0 aliphatic carbocycles. The molecule has 2 N–H and O–H groups in total. The van der Waals surface area contributed by atoms with Crippen LogP contribution in [0, 0.1) is 13.8 Å². The lowest BCUT2D eigenvalue weighted by atomic mass is 10.3. The first kappa shape index (κ1) is 13.8.